The zero-order valence-electron chi connectivity index (χ0n) is 10.0. The molecule has 17 heavy (non-hydrogen) atoms. The molecule has 0 saturated carbocycles. The molecule has 0 N–H and O–H groups in total. The summed E-state index contributed by atoms with van der Waals surface area (Å²) in [5, 5.41) is 0. The summed E-state index contributed by atoms with van der Waals surface area (Å²) in [6.45, 7) is 2.51. The predicted molar refractivity (Wildman–Crippen MR) is 71.1 cm³/mol. The molecule has 1 aromatic carbocycles. The number of para-hydroxylation sites is 1. The molecule has 0 bridgehead atoms. The fourth-order valence-electron chi connectivity index (χ4n) is 1.92. The van der Waals surface area contributed by atoms with Crippen molar-refractivity contribution in [3.05, 3.63) is 29.8 Å². The van der Waals surface area contributed by atoms with E-state index in [-0.39, 0.29) is 5.78 Å². The first-order chi connectivity index (χ1) is 8.31. The van der Waals surface area contributed by atoms with Crippen molar-refractivity contribution in [2.75, 3.05) is 38.2 Å². The molecule has 1 aromatic rings. The SMILES string of the molecule is COc1ccccc1C(=O)CN1CCSCC1. The van der Waals surface area contributed by atoms with E-state index in [1.165, 1.54) is 0 Å². The Morgan fingerprint density at radius 3 is 2.76 bits per heavy atom. The van der Waals surface area contributed by atoms with Crippen molar-refractivity contribution < 1.29 is 9.53 Å². The number of thioether (sulfide) groups is 1. The average molecular weight is 251 g/mol. The average Bonchev–Trinajstić information content (AvgIpc) is 2.40. The lowest BCUT2D eigenvalue weighted by Gasteiger charge is -2.25. The van der Waals surface area contributed by atoms with Crippen LogP contribution in [0.5, 0.6) is 5.75 Å². The molecule has 0 atom stereocenters. The van der Waals surface area contributed by atoms with Crippen LogP contribution in [0.15, 0.2) is 24.3 Å². The van der Waals surface area contributed by atoms with Gasteiger partial charge in [0.25, 0.3) is 0 Å². The number of nitrogens with zero attached hydrogens (tertiary/aromatic N) is 1. The third-order valence-corrected chi connectivity index (χ3v) is 3.82. The molecular weight excluding hydrogens is 234 g/mol. The standard InChI is InChI=1S/C13H17NO2S/c1-16-13-5-3-2-4-11(13)12(15)10-14-6-8-17-9-7-14/h2-5H,6-10H2,1H3. The van der Waals surface area contributed by atoms with Gasteiger partial charge in [-0.1, -0.05) is 12.1 Å². The number of carbonyl (C=O) groups is 1. The summed E-state index contributed by atoms with van der Waals surface area (Å²) in [6, 6.07) is 7.42. The van der Waals surface area contributed by atoms with Gasteiger partial charge in [-0.25, -0.2) is 0 Å². The first kappa shape index (κ1) is 12.5. The quantitative estimate of drug-likeness (QED) is 0.765. The number of hydrogen-bond acceptors (Lipinski definition) is 4. The van der Waals surface area contributed by atoms with Crippen LogP contribution in [0, 0.1) is 0 Å². The first-order valence-electron chi connectivity index (χ1n) is 5.77. The molecule has 1 heterocycles. The van der Waals surface area contributed by atoms with Crippen LogP contribution < -0.4 is 4.74 Å². The lowest BCUT2D eigenvalue weighted by molar-refractivity contribution is 0.0934. The molecule has 0 spiro atoms. The van der Waals surface area contributed by atoms with Crippen LogP contribution in [0.25, 0.3) is 0 Å². The molecule has 1 aliphatic rings. The van der Waals surface area contributed by atoms with Crippen molar-refractivity contribution in [1.29, 1.82) is 0 Å². The van der Waals surface area contributed by atoms with Gasteiger partial charge < -0.3 is 4.74 Å². The lowest BCUT2D eigenvalue weighted by atomic mass is 10.1. The molecule has 0 aliphatic carbocycles. The van der Waals surface area contributed by atoms with E-state index in [1.807, 2.05) is 36.0 Å². The van der Waals surface area contributed by atoms with Gasteiger partial charge in [-0.3, -0.25) is 9.69 Å². The number of carbonyl (C=O) groups excluding carboxylic acids is 1. The van der Waals surface area contributed by atoms with Crippen LogP contribution in [-0.4, -0.2) is 48.9 Å². The highest BCUT2D eigenvalue weighted by atomic mass is 32.2. The van der Waals surface area contributed by atoms with Gasteiger partial charge >= 0.3 is 0 Å². The minimum Gasteiger partial charge on any atom is -0.496 e. The number of ether oxygens (including phenoxy) is 1. The number of methoxy groups -OCH3 is 1. The van der Waals surface area contributed by atoms with Crippen molar-refractivity contribution in [2.24, 2.45) is 0 Å². The van der Waals surface area contributed by atoms with Gasteiger partial charge in [0.1, 0.15) is 5.75 Å². The Hall–Kier alpha value is -1.00. The summed E-state index contributed by atoms with van der Waals surface area (Å²) in [5.74, 6) is 3.07. The van der Waals surface area contributed by atoms with Crippen molar-refractivity contribution in [3.8, 4) is 5.75 Å². The molecule has 4 heteroatoms. The van der Waals surface area contributed by atoms with Crippen LogP contribution in [0.2, 0.25) is 0 Å². The summed E-state index contributed by atoms with van der Waals surface area (Å²) in [5.41, 5.74) is 0.688. The molecule has 1 aliphatic heterocycles. The van der Waals surface area contributed by atoms with Gasteiger partial charge in [-0.2, -0.15) is 11.8 Å². The van der Waals surface area contributed by atoms with E-state index in [4.69, 9.17) is 4.74 Å². The second kappa shape index (κ2) is 6.07. The van der Waals surface area contributed by atoms with E-state index in [1.54, 1.807) is 7.11 Å². The Bertz CT molecular complexity index is 389. The number of rotatable bonds is 4. The van der Waals surface area contributed by atoms with Gasteiger partial charge in [0.15, 0.2) is 5.78 Å². The Labute approximate surface area is 106 Å². The van der Waals surface area contributed by atoms with E-state index in [9.17, 15) is 4.79 Å². The lowest BCUT2D eigenvalue weighted by Crippen LogP contribution is -2.36. The van der Waals surface area contributed by atoms with Crippen LogP contribution in [0.3, 0.4) is 0 Å². The fourth-order valence-corrected chi connectivity index (χ4v) is 2.90. The summed E-state index contributed by atoms with van der Waals surface area (Å²) in [6.07, 6.45) is 0. The maximum atomic E-state index is 12.2. The first-order valence-corrected chi connectivity index (χ1v) is 6.93. The van der Waals surface area contributed by atoms with Gasteiger partial charge in [0.2, 0.25) is 0 Å². The van der Waals surface area contributed by atoms with Gasteiger partial charge in [-0.15, -0.1) is 0 Å². The summed E-state index contributed by atoms with van der Waals surface area (Å²) >= 11 is 1.95. The topological polar surface area (TPSA) is 29.5 Å². The Balaban J connectivity index is 2.03. The Morgan fingerprint density at radius 1 is 1.35 bits per heavy atom. The van der Waals surface area contributed by atoms with E-state index in [0.717, 1.165) is 24.6 Å². The van der Waals surface area contributed by atoms with Crippen molar-refractivity contribution in [3.63, 3.8) is 0 Å². The molecule has 1 fully saturated rings. The van der Waals surface area contributed by atoms with Crippen molar-refractivity contribution in [2.45, 2.75) is 0 Å². The molecule has 0 amide bonds. The van der Waals surface area contributed by atoms with Gasteiger partial charge in [0.05, 0.1) is 19.2 Å². The van der Waals surface area contributed by atoms with Crippen molar-refractivity contribution in [1.82, 2.24) is 4.90 Å². The molecular formula is C13H17NO2S. The van der Waals surface area contributed by atoms with E-state index in [0.29, 0.717) is 17.9 Å². The van der Waals surface area contributed by atoms with Crippen LogP contribution in [-0.2, 0) is 0 Å². The normalized spacial score (nSPS) is 16.8. The molecule has 2 rings (SSSR count). The highest BCUT2D eigenvalue weighted by Gasteiger charge is 2.17. The van der Waals surface area contributed by atoms with E-state index >= 15 is 0 Å². The molecule has 1 saturated heterocycles. The minimum absolute atomic E-state index is 0.148. The second-order valence-electron chi connectivity index (χ2n) is 4.01. The zero-order chi connectivity index (χ0) is 12.1. The third-order valence-electron chi connectivity index (χ3n) is 2.88. The third kappa shape index (κ3) is 3.23. The second-order valence-corrected chi connectivity index (χ2v) is 5.24. The number of ketones is 1. The summed E-state index contributed by atoms with van der Waals surface area (Å²) < 4.78 is 5.21. The zero-order valence-corrected chi connectivity index (χ0v) is 10.8. The number of benzene rings is 1. The van der Waals surface area contributed by atoms with E-state index < -0.39 is 0 Å². The fraction of sp³-hybridized carbons (Fsp3) is 0.462. The number of Topliss-reactive ketones (excluding diaryl/α,β-unsaturated/α-hetero) is 1. The molecule has 0 aromatic heterocycles. The van der Waals surface area contributed by atoms with Crippen LogP contribution >= 0.6 is 11.8 Å². The summed E-state index contributed by atoms with van der Waals surface area (Å²) in [7, 11) is 1.60. The highest BCUT2D eigenvalue weighted by molar-refractivity contribution is 7.99. The van der Waals surface area contributed by atoms with Gasteiger partial charge in [-0.05, 0) is 12.1 Å². The molecule has 92 valence electrons. The highest BCUT2D eigenvalue weighted by Crippen LogP contribution is 2.19. The largest absolute Gasteiger partial charge is 0.496 e. The van der Waals surface area contributed by atoms with E-state index in [2.05, 4.69) is 4.90 Å². The van der Waals surface area contributed by atoms with Crippen LogP contribution in [0.1, 0.15) is 10.4 Å². The van der Waals surface area contributed by atoms with Crippen LogP contribution in [0.4, 0.5) is 0 Å². The molecule has 0 radical (unpaired) electrons. The Morgan fingerprint density at radius 2 is 2.06 bits per heavy atom. The molecule has 0 unspecified atom stereocenters. The number of hydrogen-bond donors (Lipinski definition) is 0. The van der Waals surface area contributed by atoms with Gasteiger partial charge in [0, 0.05) is 24.6 Å². The predicted octanol–water partition coefficient (Wildman–Crippen LogP) is 1.93. The maximum Gasteiger partial charge on any atom is 0.180 e. The monoisotopic (exact) mass is 251 g/mol. The summed E-state index contributed by atoms with van der Waals surface area (Å²) in [4.78, 5) is 14.4. The molecule has 3 nitrogen and oxygen atoms in total. The minimum atomic E-state index is 0.148. The maximum absolute atomic E-state index is 12.2. The smallest absolute Gasteiger partial charge is 0.180 e. The van der Waals surface area contributed by atoms with Crippen molar-refractivity contribution >= 4 is 17.5 Å². The Kier molecular flexibility index (Phi) is 4.45.